The summed E-state index contributed by atoms with van der Waals surface area (Å²) in [6.07, 6.45) is 0.624. The van der Waals surface area contributed by atoms with Crippen molar-refractivity contribution in [3.8, 4) is 6.07 Å². The summed E-state index contributed by atoms with van der Waals surface area (Å²) < 4.78 is 18.4. The van der Waals surface area contributed by atoms with Crippen LogP contribution in [0.5, 0.6) is 0 Å². The van der Waals surface area contributed by atoms with Crippen molar-refractivity contribution in [1.82, 2.24) is 0 Å². The molecular formula is C12H13FN2O. The molecule has 1 fully saturated rings. The zero-order valence-electron chi connectivity index (χ0n) is 9.09. The maximum absolute atomic E-state index is 13.2. The fourth-order valence-corrected chi connectivity index (χ4v) is 1.86. The van der Waals surface area contributed by atoms with E-state index < -0.39 is 5.54 Å². The number of anilines is 1. The fourth-order valence-electron chi connectivity index (χ4n) is 1.86. The van der Waals surface area contributed by atoms with E-state index in [-0.39, 0.29) is 5.82 Å². The number of halogens is 1. The largest absolute Gasteiger partial charge is 0.378 e. The maximum atomic E-state index is 13.2. The molecule has 1 aromatic carbocycles. The highest BCUT2D eigenvalue weighted by Gasteiger charge is 2.35. The van der Waals surface area contributed by atoms with E-state index >= 15 is 0 Å². The van der Waals surface area contributed by atoms with E-state index in [0.717, 1.165) is 5.56 Å². The number of hydrogen-bond acceptors (Lipinski definition) is 3. The molecule has 84 valence electrons. The second-order valence-corrected chi connectivity index (χ2v) is 4.14. The topological polar surface area (TPSA) is 45.0 Å². The first-order valence-electron chi connectivity index (χ1n) is 5.18. The lowest BCUT2D eigenvalue weighted by molar-refractivity contribution is 0.189. The van der Waals surface area contributed by atoms with Crippen LogP contribution in [0.4, 0.5) is 10.1 Å². The summed E-state index contributed by atoms with van der Waals surface area (Å²) in [5.41, 5.74) is 0.749. The molecule has 3 nitrogen and oxygen atoms in total. The molecule has 16 heavy (non-hydrogen) atoms. The van der Waals surface area contributed by atoms with Crippen molar-refractivity contribution in [2.24, 2.45) is 0 Å². The second-order valence-electron chi connectivity index (χ2n) is 4.14. The minimum Gasteiger partial charge on any atom is -0.378 e. The van der Waals surface area contributed by atoms with Gasteiger partial charge in [0.1, 0.15) is 5.82 Å². The summed E-state index contributed by atoms with van der Waals surface area (Å²) in [6, 6.07) is 6.87. The summed E-state index contributed by atoms with van der Waals surface area (Å²) in [5, 5.41) is 12.2. The van der Waals surface area contributed by atoms with Crippen LogP contribution in [0.15, 0.2) is 18.2 Å². The van der Waals surface area contributed by atoms with Gasteiger partial charge < -0.3 is 10.1 Å². The van der Waals surface area contributed by atoms with Crippen LogP contribution in [-0.2, 0) is 4.74 Å². The van der Waals surface area contributed by atoms with Gasteiger partial charge in [0, 0.05) is 12.1 Å². The zero-order chi connectivity index (χ0) is 11.6. The van der Waals surface area contributed by atoms with Gasteiger partial charge in [0.05, 0.1) is 19.3 Å². The number of aryl methyl sites for hydroxylation is 1. The average molecular weight is 220 g/mol. The van der Waals surface area contributed by atoms with Gasteiger partial charge in [0.2, 0.25) is 0 Å². The van der Waals surface area contributed by atoms with Crippen LogP contribution >= 0.6 is 0 Å². The molecule has 1 N–H and O–H groups in total. The van der Waals surface area contributed by atoms with Crippen LogP contribution in [0.3, 0.4) is 0 Å². The molecule has 0 saturated carbocycles. The lowest BCUT2D eigenvalue weighted by atomic mass is 10.0. The number of hydrogen-bond donors (Lipinski definition) is 1. The predicted molar refractivity (Wildman–Crippen MR) is 58.5 cm³/mol. The lowest BCUT2D eigenvalue weighted by Gasteiger charge is -2.22. The summed E-state index contributed by atoms with van der Waals surface area (Å²) in [7, 11) is 0. The standard InChI is InChI=1S/C12H13FN2O/c1-9-4-10(13)6-11(5-9)15-12(7-14)2-3-16-8-12/h4-6,15H,2-3,8H2,1H3. The van der Waals surface area contributed by atoms with E-state index in [1.165, 1.54) is 12.1 Å². The Labute approximate surface area is 93.8 Å². The molecule has 1 aliphatic heterocycles. The Morgan fingerprint density at radius 3 is 2.88 bits per heavy atom. The Balaban J connectivity index is 2.23. The molecule has 1 saturated heterocycles. The van der Waals surface area contributed by atoms with Gasteiger partial charge in [-0.3, -0.25) is 0 Å². The SMILES string of the molecule is Cc1cc(F)cc(NC2(C#N)CCOC2)c1. The Kier molecular flexibility index (Phi) is 2.80. The minimum absolute atomic E-state index is 0.297. The first kappa shape index (κ1) is 10.9. The van der Waals surface area contributed by atoms with E-state index in [1.807, 2.05) is 13.0 Å². The maximum Gasteiger partial charge on any atom is 0.151 e. The highest BCUT2D eigenvalue weighted by molar-refractivity contribution is 5.50. The van der Waals surface area contributed by atoms with Crippen LogP contribution in [-0.4, -0.2) is 18.8 Å². The van der Waals surface area contributed by atoms with Crippen molar-refractivity contribution < 1.29 is 9.13 Å². The van der Waals surface area contributed by atoms with E-state index in [9.17, 15) is 4.39 Å². The van der Waals surface area contributed by atoms with E-state index in [4.69, 9.17) is 10.00 Å². The van der Waals surface area contributed by atoms with Crippen molar-refractivity contribution in [2.75, 3.05) is 18.5 Å². The minimum atomic E-state index is -0.708. The monoisotopic (exact) mass is 220 g/mol. The Morgan fingerprint density at radius 2 is 2.31 bits per heavy atom. The lowest BCUT2D eigenvalue weighted by Crippen LogP contribution is -2.37. The molecule has 1 aromatic rings. The van der Waals surface area contributed by atoms with Gasteiger partial charge in [-0.2, -0.15) is 5.26 Å². The van der Waals surface area contributed by atoms with E-state index in [0.29, 0.717) is 25.3 Å². The van der Waals surface area contributed by atoms with Crippen molar-refractivity contribution in [3.05, 3.63) is 29.6 Å². The molecule has 0 bridgehead atoms. The van der Waals surface area contributed by atoms with Crippen molar-refractivity contribution in [2.45, 2.75) is 18.9 Å². The van der Waals surface area contributed by atoms with E-state index in [2.05, 4.69) is 11.4 Å². The Hall–Kier alpha value is -1.60. The first-order chi connectivity index (χ1) is 7.63. The number of ether oxygens (including phenoxy) is 1. The molecular weight excluding hydrogens is 207 g/mol. The Bertz CT molecular complexity index is 413. The molecule has 1 aliphatic rings. The second kappa shape index (κ2) is 4.11. The van der Waals surface area contributed by atoms with Crippen molar-refractivity contribution in [3.63, 3.8) is 0 Å². The zero-order valence-corrected chi connectivity index (χ0v) is 9.09. The van der Waals surface area contributed by atoms with Crippen LogP contribution in [0.25, 0.3) is 0 Å². The third-order valence-corrected chi connectivity index (χ3v) is 2.66. The van der Waals surface area contributed by atoms with Crippen LogP contribution in [0.1, 0.15) is 12.0 Å². The first-order valence-corrected chi connectivity index (χ1v) is 5.18. The number of nitriles is 1. The van der Waals surface area contributed by atoms with Gasteiger partial charge >= 0.3 is 0 Å². The van der Waals surface area contributed by atoms with Crippen molar-refractivity contribution >= 4 is 5.69 Å². The van der Waals surface area contributed by atoms with Gasteiger partial charge in [0.15, 0.2) is 5.54 Å². The normalized spacial score (nSPS) is 24.1. The van der Waals surface area contributed by atoms with Crippen LogP contribution < -0.4 is 5.32 Å². The molecule has 0 amide bonds. The average Bonchev–Trinajstić information content (AvgIpc) is 2.65. The summed E-state index contributed by atoms with van der Waals surface area (Å²) in [4.78, 5) is 0. The quantitative estimate of drug-likeness (QED) is 0.831. The van der Waals surface area contributed by atoms with Gasteiger partial charge in [-0.1, -0.05) is 0 Å². The van der Waals surface area contributed by atoms with Crippen LogP contribution in [0, 0.1) is 24.1 Å². The van der Waals surface area contributed by atoms with Gasteiger partial charge in [-0.05, 0) is 30.7 Å². The predicted octanol–water partition coefficient (Wildman–Crippen LogP) is 2.23. The number of benzene rings is 1. The van der Waals surface area contributed by atoms with Crippen LogP contribution in [0.2, 0.25) is 0 Å². The van der Waals surface area contributed by atoms with Crippen molar-refractivity contribution in [1.29, 1.82) is 5.26 Å². The third-order valence-electron chi connectivity index (χ3n) is 2.66. The molecule has 0 aromatic heterocycles. The molecule has 1 unspecified atom stereocenters. The molecule has 0 radical (unpaired) electrons. The highest BCUT2D eigenvalue weighted by Crippen LogP contribution is 2.24. The molecule has 4 heteroatoms. The van der Waals surface area contributed by atoms with Gasteiger partial charge in [-0.25, -0.2) is 4.39 Å². The molecule has 2 rings (SSSR count). The fraction of sp³-hybridized carbons (Fsp3) is 0.417. The number of nitrogens with one attached hydrogen (secondary N) is 1. The molecule has 1 atom stereocenters. The highest BCUT2D eigenvalue weighted by atomic mass is 19.1. The van der Waals surface area contributed by atoms with E-state index in [1.54, 1.807) is 0 Å². The smallest absolute Gasteiger partial charge is 0.151 e. The Morgan fingerprint density at radius 1 is 1.50 bits per heavy atom. The molecule has 0 aliphatic carbocycles. The van der Waals surface area contributed by atoms with Gasteiger partial charge in [0.25, 0.3) is 0 Å². The molecule has 0 spiro atoms. The number of nitrogens with zero attached hydrogens (tertiary/aromatic N) is 1. The molecule has 1 heterocycles. The summed E-state index contributed by atoms with van der Waals surface area (Å²) >= 11 is 0. The summed E-state index contributed by atoms with van der Waals surface area (Å²) in [5.74, 6) is -0.297. The van der Waals surface area contributed by atoms with Gasteiger partial charge in [-0.15, -0.1) is 0 Å². The number of rotatable bonds is 2. The summed E-state index contributed by atoms with van der Waals surface area (Å²) in [6.45, 7) is 2.73. The third kappa shape index (κ3) is 2.15.